The van der Waals surface area contributed by atoms with Gasteiger partial charge in [0.15, 0.2) is 0 Å². The van der Waals surface area contributed by atoms with Crippen molar-refractivity contribution in [3.8, 4) is 0 Å². The molecule has 5 nitrogen and oxygen atoms in total. The van der Waals surface area contributed by atoms with Crippen LogP contribution in [0.2, 0.25) is 0 Å². The van der Waals surface area contributed by atoms with E-state index < -0.39 is 6.04 Å². The van der Waals surface area contributed by atoms with E-state index in [1.165, 1.54) is 5.56 Å². The molecule has 0 radical (unpaired) electrons. The zero-order valence-electron chi connectivity index (χ0n) is 15.3. The van der Waals surface area contributed by atoms with Crippen LogP contribution in [0.3, 0.4) is 0 Å². The number of carbonyl (C=O) groups excluding carboxylic acids is 1. The number of hydrogen-bond donors (Lipinski definition) is 1. The molecule has 1 amide bonds. The summed E-state index contributed by atoms with van der Waals surface area (Å²) < 4.78 is 5.18. The van der Waals surface area contributed by atoms with Crippen LogP contribution in [0.5, 0.6) is 0 Å². The summed E-state index contributed by atoms with van der Waals surface area (Å²) in [6.07, 6.45) is 1.02. The number of aryl methyl sites for hydroxylation is 1. The first-order valence-corrected chi connectivity index (χ1v) is 8.40. The quantitative estimate of drug-likeness (QED) is 0.808. The molecule has 0 aliphatic carbocycles. The summed E-state index contributed by atoms with van der Waals surface area (Å²) in [6.45, 7) is 8.21. The monoisotopic (exact) mass is 391 g/mol. The zero-order chi connectivity index (χ0) is 16.8. The van der Waals surface area contributed by atoms with Gasteiger partial charge in [0.25, 0.3) is 0 Å². The van der Waals surface area contributed by atoms with Gasteiger partial charge in [-0.3, -0.25) is 9.69 Å². The number of piperazine rings is 1. The second-order valence-electron chi connectivity index (χ2n) is 6.26. The van der Waals surface area contributed by atoms with Crippen LogP contribution < -0.4 is 5.73 Å². The number of amides is 1. The topological polar surface area (TPSA) is 58.8 Å². The Hall–Kier alpha value is -0.850. The van der Waals surface area contributed by atoms with Crippen molar-refractivity contribution < 1.29 is 9.53 Å². The molecule has 0 saturated carbocycles. The number of nitrogens with two attached hydrogens (primary N) is 1. The molecular weight excluding hydrogens is 361 g/mol. The van der Waals surface area contributed by atoms with Crippen molar-refractivity contribution in [1.82, 2.24) is 9.80 Å². The Bertz CT molecular complexity index is 514. The second kappa shape index (κ2) is 11.7. The van der Waals surface area contributed by atoms with Crippen molar-refractivity contribution in [2.75, 3.05) is 39.9 Å². The SMILES string of the molecule is CCC1CN(C(=O)C(N)c2ccc(C)cc2)CCN1CCOC.Cl.Cl. The van der Waals surface area contributed by atoms with Gasteiger partial charge in [-0.05, 0) is 18.9 Å². The fourth-order valence-electron chi connectivity index (χ4n) is 3.10. The van der Waals surface area contributed by atoms with Crippen LogP contribution in [0.1, 0.15) is 30.5 Å². The van der Waals surface area contributed by atoms with Gasteiger partial charge < -0.3 is 15.4 Å². The van der Waals surface area contributed by atoms with Crippen LogP contribution in [0.25, 0.3) is 0 Å². The number of nitrogens with zero attached hydrogens (tertiary/aromatic N) is 2. The molecule has 7 heteroatoms. The Kier molecular flexibility index (Phi) is 11.3. The van der Waals surface area contributed by atoms with Crippen molar-refractivity contribution in [3.63, 3.8) is 0 Å². The Morgan fingerprint density at radius 1 is 1.28 bits per heavy atom. The summed E-state index contributed by atoms with van der Waals surface area (Å²) in [5, 5.41) is 0. The number of halogens is 2. The number of hydrogen-bond acceptors (Lipinski definition) is 4. The van der Waals surface area contributed by atoms with Gasteiger partial charge in [-0.1, -0.05) is 36.8 Å². The van der Waals surface area contributed by atoms with Crippen LogP contribution >= 0.6 is 24.8 Å². The molecule has 0 spiro atoms. The van der Waals surface area contributed by atoms with E-state index in [1.807, 2.05) is 36.1 Å². The van der Waals surface area contributed by atoms with Gasteiger partial charge >= 0.3 is 0 Å². The molecule has 2 atom stereocenters. The Balaban J connectivity index is 0.00000288. The van der Waals surface area contributed by atoms with Gasteiger partial charge in [0.2, 0.25) is 5.91 Å². The summed E-state index contributed by atoms with van der Waals surface area (Å²) in [5.74, 6) is 0.0266. The summed E-state index contributed by atoms with van der Waals surface area (Å²) in [7, 11) is 1.72. The molecule has 2 rings (SSSR count). The maximum Gasteiger partial charge on any atom is 0.244 e. The minimum atomic E-state index is -0.571. The minimum absolute atomic E-state index is 0. The van der Waals surface area contributed by atoms with E-state index in [2.05, 4.69) is 11.8 Å². The van der Waals surface area contributed by atoms with E-state index >= 15 is 0 Å². The highest BCUT2D eigenvalue weighted by Crippen LogP contribution is 2.18. The highest BCUT2D eigenvalue weighted by atomic mass is 35.5. The highest BCUT2D eigenvalue weighted by molar-refractivity contribution is 5.85. The molecule has 1 aromatic rings. The lowest BCUT2D eigenvalue weighted by atomic mass is 10.0. The first-order chi connectivity index (χ1) is 11.1. The van der Waals surface area contributed by atoms with Crippen molar-refractivity contribution in [2.24, 2.45) is 5.73 Å². The molecule has 1 heterocycles. The van der Waals surface area contributed by atoms with Crippen molar-refractivity contribution >= 4 is 30.7 Å². The lowest BCUT2D eigenvalue weighted by Gasteiger charge is -2.41. The molecule has 1 aliphatic heterocycles. The normalized spacial score (nSPS) is 18.9. The lowest BCUT2D eigenvalue weighted by Crippen LogP contribution is -2.56. The fraction of sp³-hybridized carbons (Fsp3) is 0.611. The Labute approximate surface area is 163 Å². The first-order valence-electron chi connectivity index (χ1n) is 8.40. The van der Waals surface area contributed by atoms with Crippen molar-refractivity contribution in [3.05, 3.63) is 35.4 Å². The minimum Gasteiger partial charge on any atom is -0.383 e. The number of methoxy groups -OCH3 is 1. The molecular formula is C18H31Cl2N3O2. The highest BCUT2D eigenvalue weighted by Gasteiger charge is 2.30. The average Bonchev–Trinajstić information content (AvgIpc) is 2.59. The maximum atomic E-state index is 12.7. The first kappa shape index (κ1) is 24.1. The predicted molar refractivity (Wildman–Crippen MR) is 107 cm³/mol. The van der Waals surface area contributed by atoms with Crippen molar-refractivity contribution in [2.45, 2.75) is 32.4 Å². The fourth-order valence-corrected chi connectivity index (χ4v) is 3.10. The van der Waals surface area contributed by atoms with Crippen LogP contribution in [0.4, 0.5) is 0 Å². The van der Waals surface area contributed by atoms with Gasteiger partial charge in [0, 0.05) is 39.3 Å². The summed E-state index contributed by atoms with van der Waals surface area (Å²) >= 11 is 0. The Morgan fingerprint density at radius 3 is 2.48 bits per heavy atom. The van der Waals surface area contributed by atoms with Crippen LogP contribution in [-0.4, -0.2) is 61.6 Å². The van der Waals surface area contributed by atoms with E-state index in [9.17, 15) is 4.79 Å². The molecule has 0 aromatic heterocycles. The van der Waals surface area contributed by atoms with E-state index in [0.717, 1.165) is 44.8 Å². The largest absolute Gasteiger partial charge is 0.383 e. The van der Waals surface area contributed by atoms with Gasteiger partial charge in [0.1, 0.15) is 6.04 Å². The number of benzene rings is 1. The molecule has 0 bridgehead atoms. The summed E-state index contributed by atoms with van der Waals surface area (Å²) in [6, 6.07) is 7.71. The third-order valence-electron chi connectivity index (χ3n) is 4.67. The van der Waals surface area contributed by atoms with E-state index in [4.69, 9.17) is 10.5 Å². The van der Waals surface area contributed by atoms with Gasteiger partial charge in [-0.25, -0.2) is 0 Å². The van der Waals surface area contributed by atoms with Crippen LogP contribution in [-0.2, 0) is 9.53 Å². The van der Waals surface area contributed by atoms with Crippen LogP contribution in [0.15, 0.2) is 24.3 Å². The van der Waals surface area contributed by atoms with Gasteiger partial charge in [0.05, 0.1) is 6.61 Å². The van der Waals surface area contributed by atoms with Crippen LogP contribution in [0, 0.1) is 6.92 Å². The lowest BCUT2D eigenvalue weighted by molar-refractivity contribution is -0.136. The number of carbonyl (C=O) groups is 1. The molecule has 1 fully saturated rings. The maximum absolute atomic E-state index is 12.7. The molecule has 2 unspecified atom stereocenters. The molecule has 1 aromatic carbocycles. The molecule has 25 heavy (non-hydrogen) atoms. The van der Waals surface area contributed by atoms with E-state index in [0.29, 0.717) is 6.04 Å². The summed E-state index contributed by atoms with van der Waals surface area (Å²) in [5.41, 5.74) is 8.25. The predicted octanol–water partition coefficient (Wildman–Crippen LogP) is 2.41. The standard InChI is InChI=1S/C18H29N3O2.2ClH/c1-4-16-13-21(10-9-20(16)11-12-23-3)18(22)17(19)15-7-5-14(2)6-8-15;;/h5-8,16-17H,4,9-13,19H2,1-3H3;2*1H. The molecule has 1 aliphatic rings. The average molecular weight is 392 g/mol. The van der Waals surface area contributed by atoms with E-state index in [1.54, 1.807) is 7.11 Å². The summed E-state index contributed by atoms with van der Waals surface area (Å²) in [4.78, 5) is 17.0. The number of ether oxygens (including phenoxy) is 1. The second-order valence-corrected chi connectivity index (χ2v) is 6.26. The van der Waals surface area contributed by atoms with E-state index in [-0.39, 0.29) is 30.7 Å². The van der Waals surface area contributed by atoms with Crippen molar-refractivity contribution in [1.29, 1.82) is 0 Å². The third-order valence-corrected chi connectivity index (χ3v) is 4.67. The Morgan fingerprint density at radius 2 is 1.92 bits per heavy atom. The van der Waals surface area contributed by atoms with Gasteiger partial charge in [-0.15, -0.1) is 24.8 Å². The smallest absolute Gasteiger partial charge is 0.244 e. The zero-order valence-corrected chi connectivity index (χ0v) is 16.9. The molecule has 2 N–H and O–H groups in total. The van der Waals surface area contributed by atoms with Gasteiger partial charge in [-0.2, -0.15) is 0 Å². The third kappa shape index (κ3) is 6.42. The molecule has 1 saturated heterocycles. The molecule has 144 valence electrons. The number of rotatable bonds is 6.